The van der Waals surface area contributed by atoms with Gasteiger partial charge < -0.3 is 10.4 Å². The highest BCUT2D eigenvalue weighted by Crippen LogP contribution is 2.13. The third-order valence-electron chi connectivity index (χ3n) is 2.16. The fraction of sp³-hybridized carbons (Fsp3) is 0.636. The highest BCUT2D eigenvalue weighted by molar-refractivity contribution is 6.28. The standard InChI is InChI=1S/C11H18ClN3O/c1-7(2)4-9(6-16)14-10-5-8(3)13-11(12)15-10/h5,7,9,16H,4,6H2,1-3H3,(H,13,14,15)/t9-/m0/s1. The van der Waals surface area contributed by atoms with Crippen molar-refractivity contribution in [3.8, 4) is 0 Å². The third-order valence-corrected chi connectivity index (χ3v) is 2.32. The molecule has 0 amide bonds. The Balaban J connectivity index is 2.69. The Hall–Kier alpha value is -0.870. The highest BCUT2D eigenvalue weighted by atomic mass is 35.5. The average molecular weight is 244 g/mol. The van der Waals surface area contributed by atoms with E-state index in [4.69, 9.17) is 11.6 Å². The molecule has 0 radical (unpaired) electrons. The van der Waals surface area contributed by atoms with Crippen molar-refractivity contribution < 1.29 is 5.11 Å². The van der Waals surface area contributed by atoms with Crippen LogP contribution in [0.1, 0.15) is 26.0 Å². The minimum absolute atomic E-state index is 0.00497. The zero-order valence-electron chi connectivity index (χ0n) is 9.87. The van der Waals surface area contributed by atoms with Crippen molar-refractivity contribution in [1.82, 2.24) is 9.97 Å². The normalized spacial score (nSPS) is 12.9. The van der Waals surface area contributed by atoms with Crippen LogP contribution in [-0.2, 0) is 0 Å². The lowest BCUT2D eigenvalue weighted by atomic mass is 10.0. The van der Waals surface area contributed by atoms with Crippen molar-refractivity contribution in [2.24, 2.45) is 5.92 Å². The molecule has 0 aromatic carbocycles. The van der Waals surface area contributed by atoms with Gasteiger partial charge in [-0.3, -0.25) is 0 Å². The molecule has 1 rings (SSSR count). The van der Waals surface area contributed by atoms with Crippen molar-refractivity contribution in [1.29, 1.82) is 0 Å². The maximum absolute atomic E-state index is 9.24. The summed E-state index contributed by atoms with van der Waals surface area (Å²) in [4.78, 5) is 8.04. The average Bonchev–Trinajstić information content (AvgIpc) is 2.14. The molecular weight excluding hydrogens is 226 g/mol. The molecule has 90 valence electrons. The van der Waals surface area contributed by atoms with Crippen LogP contribution in [0.15, 0.2) is 6.07 Å². The van der Waals surface area contributed by atoms with Gasteiger partial charge in [-0.15, -0.1) is 0 Å². The van der Waals surface area contributed by atoms with Gasteiger partial charge in [0.1, 0.15) is 5.82 Å². The lowest BCUT2D eigenvalue weighted by Crippen LogP contribution is -2.26. The van der Waals surface area contributed by atoms with Crippen LogP contribution in [0.4, 0.5) is 5.82 Å². The van der Waals surface area contributed by atoms with E-state index in [1.165, 1.54) is 0 Å². The molecule has 0 aliphatic rings. The Labute approximate surface area is 101 Å². The first-order chi connectivity index (χ1) is 7.51. The largest absolute Gasteiger partial charge is 0.394 e. The summed E-state index contributed by atoms with van der Waals surface area (Å²) in [6, 6.07) is 1.82. The Morgan fingerprint density at radius 1 is 1.44 bits per heavy atom. The van der Waals surface area contributed by atoms with Crippen LogP contribution in [0.2, 0.25) is 5.28 Å². The number of halogens is 1. The van der Waals surface area contributed by atoms with Crippen LogP contribution < -0.4 is 5.32 Å². The number of nitrogens with zero attached hydrogens (tertiary/aromatic N) is 2. The van der Waals surface area contributed by atoms with Crippen molar-refractivity contribution in [2.75, 3.05) is 11.9 Å². The molecule has 1 aromatic heterocycles. The zero-order chi connectivity index (χ0) is 12.1. The zero-order valence-corrected chi connectivity index (χ0v) is 10.6. The van der Waals surface area contributed by atoms with Crippen LogP contribution in [0.25, 0.3) is 0 Å². The summed E-state index contributed by atoms with van der Waals surface area (Å²) < 4.78 is 0. The molecule has 0 aliphatic carbocycles. The maximum atomic E-state index is 9.24. The first kappa shape index (κ1) is 13.2. The minimum atomic E-state index is 0.00497. The van der Waals surface area contributed by atoms with Crippen LogP contribution in [0, 0.1) is 12.8 Å². The summed E-state index contributed by atoms with van der Waals surface area (Å²) in [6.45, 7) is 6.17. The number of hydrogen-bond donors (Lipinski definition) is 2. The van der Waals surface area contributed by atoms with Gasteiger partial charge in [-0.2, -0.15) is 0 Å². The molecule has 1 aromatic rings. The van der Waals surface area contributed by atoms with E-state index >= 15 is 0 Å². The predicted molar refractivity (Wildman–Crippen MR) is 65.7 cm³/mol. The molecule has 0 fully saturated rings. The number of rotatable bonds is 5. The predicted octanol–water partition coefficient (Wildman–Crippen LogP) is 2.26. The van der Waals surface area contributed by atoms with Crippen LogP contribution in [-0.4, -0.2) is 27.7 Å². The van der Waals surface area contributed by atoms with Gasteiger partial charge >= 0.3 is 0 Å². The third kappa shape index (κ3) is 4.33. The van der Waals surface area contributed by atoms with Crippen LogP contribution in [0.3, 0.4) is 0 Å². The number of aliphatic hydroxyl groups excluding tert-OH is 1. The van der Waals surface area contributed by atoms with Crippen molar-refractivity contribution in [3.63, 3.8) is 0 Å². The number of aromatic nitrogens is 2. The second-order valence-electron chi connectivity index (χ2n) is 4.32. The summed E-state index contributed by atoms with van der Waals surface area (Å²) in [5, 5.41) is 12.6. The van der Waals surface area contributed by atoms with Crippen molar-refractivity contribution in [3.05, 3.63) is 17.0 Å². The summed E-state index contributed by atoms with van der Waals surface area (Å²) >= 11 is 5.76. The molecule has 4 nitrogen and oxygen atoms in total. The van der Waals surface area contributed by atoms with Gasteiger partial charge in [0.25, 0.3) is 0 Å². The van der Waals surface area contributed by atoms with Gasteiger partial charge in [0, 0.05) is 11.8 Å². The Morgan fingerprint density at radius 3 is 2.62 bits per heavy atom. The number of anilines is 1. The molecule has 0 saturated heterocycles. The van der Waals surface area contributed by atoms with E-state index in [1.807, 2.05) is 13.0 Å². The second-order valence-corrected chi connectivity index (χ2v) is 4.66. The maximum Gasteiger partial charge on any atom is 0.224 e. The molecule has 0 aliphatic heterocycles. The Bertz CT molecular complexity index is 324. The van der Waals surface area contributed by atoms with Crippen molar-refractivity contribution >= 4 is 17.4 Å². The molecule has 2 N–H and O–H groups in total. The topological polar surface area (TPSA) is 58.0 Å². The smallest absolute Gasteiger partial charge is 0.224 e. The fourth-order valence-corrected chi connectivity index (χ4v) is 1.79. The van der Waals surface area contributed by atoms with E-state index in [2.05, 4.69) is 29.1 Å². The summed E-state index contributed by atoms with van der Waals surface area (Å²) in [7, 11) is 0. The van der Waals surface area contributed by atoms with Gasteiger partial charge in [0.15, 0.2) is 0 Å². The van der Waals surface area contributed by atoms with Gasteiger partial charge in [-0.25, -0.2) is 9.97 Å². The summed E-state index contributed by atoms with van der Waals surface area (Å²) in [5.41, 5.74) is 0.809. The molecule has 0 unspecified atom stereocenters. The fourth-order valence-electron chi connectivity index (χ4n) is 1.56. The highest BCUT2D eigenvalue weighted by Gasteiger charge is 2.10. The van der Waals surface area contributed by atoms with E-state index in [9.17, 15) is 5.11 Å². The second kappa shape index (κ2) is 6.01. The van der Waals surface area contributed by atoms with E-state index in [0.29, 0.717) is 11.7 Å². The monoisotopic (exact) mass is 243 g/mol. The molecule has 0 saturated carbocycles. The Morgan fingerprint density at radius 2 is 2.12 bits per heavy atom. The first-order valence-electron chi connectivity index (χ1n) is 5.40. The summed E-state index contributed by atoms with van der Waals surface area (Å²) in [6.07, 6.45) is 0.886. The first-order valence-corrected chi connectivity index (χ1v) is 5.77. The van der Waals surface area contributed by atoms with E-state index in [1.54, 1.807) is 0 Å². The van der Waals surface area contributed by atoms with Gasteiger partial charge in [-0.05, 0) is 30.9 Å². The molecular formula is C11H18ClN3O. The van der Waals surface area contributed by atoms with Gasteiger partial charge in [0.05, 0.1) is 12.6 Å². The molecule has 1 atom stereocenters. The number of aliphatic hydroxyl groups is 1. The van der Waals surface area contributed by atoms with Crippen molar-refractivity contribution in [2.45, 2.75) is 33.2 Å². The molecule has 0 bridgehead atoms. The van der Waals surface area contributed by atoms with Gasteiger partial charge in [-0.1, -0.05) is 13.8 Å². The van der Waals surface area contributed by atoms with Crippen LogP contribution in [0.5, 0.6) is 0 Å². The summed E-state index contributed by atoms with van der Waals surface area (Å²) in [5.74, 6) is 1.18. The number of nitrogens with one attached hydrogen (secondary N) is 1. The molecule has 0 spiro atoms. The molecule has 16 heavy (non-hydrogen) atoms. The van der Waals surface area contributed by atoms with Gasteiger partial charge in [0.2, 0.25) is 5.28 Å². The minimum Gasteiger partial charge on any atom is -0.394 e. The molecule has 5 heteroatoms. The quantitative estimate of drug-likeness (QED) is 0.779. The van der Waals surface area contributed by atoms with Crippen LogP contribution >= 0.6 is 11.6 Å². The lowest BCUT2D eigenvalue weighted by Gasteiger charge is -2.18. The van der Waals surface area contributed by atoms with E-state index in [0.717, 1.165) is 12.1 Å². The number of hydrogen-bond acceptors (Lipinski definition) is 4. The lowest BCUT2D eigenvalue weighted by molar-refractivity contribution is 0.259. The number of aryl methyl sites for hydroxylation is 1. The SMILES string of the molecule is Cc1cc(N[C@H](CO)CC(C)C)nc(Cl)n1. The molecule has 1 heterocycles. The van der Waals surface area contributed by atoms with E-state index < -0.39 is 0 Å². The van der Waals surface area contributed by atoms with E-state index in [-0.39, 0.29) is 17.9 Å². The Kier molecular flexibility index (Phi) is 4.96.